The molecular weight excluding hydrogens is 424 g/mol. The van der Waals surface area contributed by atoms with E-state index in [2.05, 4.69) is 22.2 Å². The van der Waals surface area contributed by atoms with Gasteiger partial charge in [-0.15, -0.1) is 0 Å². The molecule has 0 spiro atoms. The molecule has 170 valence electrons. The van der Waals surface area contributed by atoms with Crippen molar-refractivity contribution in [3.8, 4) is 5.75 Å². The second-order valence-electron chi connectivity index (χ2n) is 7.85. The van der Waals surface area contributed by atoms with Crippen LogP contribution in [0.3, 0.4) is 0 Å². The second kappa shape index (κ2) is 10.7. The number of nitrogens with one attached hydrogen (secondary N) is 1. The first kappa shape index (κ1) is 22.4. The Morgan fingerprint density at radius 3 is 2.69 bits per heavy atom. The standard InChI is InChI=1S/C23H30N6O2S/c1-3-14-32-23-26-21(28-11-4-5-12-28)19-16-25-29(22(19)27-23)13-10-24-20(30)15-17-6-8-18(31-2)9-7-17/h6-9,16H,3-5,10-15H2,1-2H3,(H,24,30). The SMILES string of the molecule is CCCSc1nc(N2CCCC2)c2cnn(CCNC(=O)Cc3ccc(OC)cc3)c2n1. The number of amides is 1. The predicted octanol–water partition coefficient (Wildman–Crippen LogP) is 3.30. The summed E-state index contributed by atoms with van der Waals surface area (Å²) in [5, 5.41) is 9.33. The molecule has 1 N–H and O–H groups in total. The number of thioether (sulfide) groups is 1. The molecular formula is C23H30N6O2S. The van der Waals surface area contributed by atoms with E-state index in [4.69, 9.17) is 14.7 Å². The highest BCUT2D eigenvalue weighted by Crippen LogP contribution is 2.29. The van der Waals surface area contributed by atoms with Gasteiger partial charge in [0.25, 0.3) is 0 Å². The van der Waals surface area contributed by atoms with E-state index in [1.54, 1.807) is 18.9 Å². The topological polar surface area (TPSA) is 85.2 Å². The maximum Gasteiger partial charge on any atom is 0.224 e. The fourth-order valence-corrected chi connectivity index (χ4v) is 4.49. The van der Waals surface area contributed by atoms with Gasteiger partial charge in [0, 0.05) is 25.4 Å². The Morgan fingerprint density at radius 1 is 1.19 bits per heavy atom. The summed E-state index contributed by atoms with van der Waals surface area (Å²) in [6.45, 7) is 5.26. The first-order valence-electron chi connectivity index (χ1n) is 11.2. The van der Waals surface area contributed by atoms with Crippen LogP contribution >= 0.6 is 11.8 Å². The number of fused-ring (bicyclic) bond motifs is 1. The molecule has 4 rings (SSSR count). The Labute approximate surface area is 192 Å². The van der Waals surface area contributed by atoms with E-state index in [9.17, 15) is 4.79 Å². The van der Waals surface area contributed by atoms with Crippen LogP contribution in [0, 0.1) is 0 Å². The number of carbonyl (C=O) groups is 1. The number of ether oxygens (including phenoxy) is 1. The quantitative estimate of drug-likeness (QED) is 0.372. The molecule has 9 heteroatoms. The third-order valence-corrected chi connectivity index (χ3v) is 6.52. The van der Waals surface area contributed by atoms with Crippen molar-refractivity contribution in [1.29, 1.82) is 0 Å². The van der Waals surface area contributed by atoms with Gasteiger partial charge in [0.05, 0.1) is 31.7 Å². The average Bonchev–Trinajstić information content (AvgIpc) is 3.48. The number of rotatable bonds is 10. The van der Waals surface area contributed by atoms with Gasteiger partial charge in [0.2, 0.25) is 5.91 Å². The molecule has 3 aromatic rings. The van der Waals surface area contributed by atoms with Crippen molar-refractivity contribution in [2.45, 2.75) is 44.3 Å². The maximum absolute atomic E-state index is 12.4. The van der Waals surface area contributed by atoms with E-state index < -0.39 is 0 Å². The van der Waals surface area contributed by atoms with Crippen LogP contribution in [-0.4, -0.2) is 58.2 Å². The van der Waals surface area contributed by atoms with Crippen molar-refractivity contribution in [1.82, 2.24) is 25.1 Å². The number of hydrogen-bond donors (Lipinski definition) is 1. The maximum atomic E-state index is 12.4. The summed E-state index contributed by atoms with van der Waals surface area (Å²) in [6.07, 6.45) is 5.65. The Kier molecular flexibility index (Phi) is 7.47. The third-order valence-electron chi connectivity index (χ3n) is 5.47. The summed E-state index contributed by atoms with van der Waals surface area (Å²) in [4.78, 5) is 24.3. The van der Waals surface area contributed by atoms with Gasteiger partial charge in [0.15, 0.2) is 10.8 Å². The number of hydrogen-bond acceptors (Lipinski definition) is 7. The van der Waals surface area contributed by atoms with Crippen molar-refractivity contribution in [3.05, 3.63) is 36.0 Å². The molecule has 1 fully saturated rings. The molecule has 1 saturated heterocycles. The first-order chi connectivity index (χ1) is 15.7. The van der Waals surface area contributed by atoms with Gasteiger partial charge in [-0.25, -0.2) is 14.6 Å². The monoisotopic (exact) mass is 454 g/mol. The van der Waals surface area contributed by atoms with E-state index in [1.807, 2.05) is 35.1 Å². The first-order valence-corrected chi connectivity index (χ1v) is 12.2. The van der Waals surface area contributed by atoms with Gasteiger partial charge in [-0.05, 0) is 37.0 Å². The molecule has 0 unspecified atom stereocenters. The van der Waals surface area contributed by atoms with E-state index in [-0.39, 0.29) is 5.91 Å². The number of methoxy groups -OCH3 is 1. The summed E-state index contributed by atoms with van der Waals surface area (Å²) in [5.41, 5.74) is 1.79. The summed E-state index contributed by atoms with van der Waals surface area (Å²) in [7, 11) is 1.63. The lowest BCUT2D eigenvalue weighted by molar-refractivity contribution is -0.120. The highest BCUT2D eigenvalue weighted by molar-refractivity contribution is 7.99. The van der Waals surface area contributed by atoms with Gasteiger partial charge >= 0.3 is 0 Å². The summed E-state index contributed by atoms with van der Waals surface area (Å²) in [5.74, 6) is 2.74. The van der Waals surface area contributed by atoms with Crippen molar-refractivity contribution in [3.63, 3.8) is 0 Å². The third kappa shape index (κ3) is 5.32. The summed E-state index contributed by atoms with van der Waals surface area (Å²) < 4.78 is 7.04. The summed E-state index contributed by atoms with van der Waals surface area (Å²) >= 11 is 1.68. The van der Waals surface area contributed by atoms with Crippen LogP contribution in [0.25, 0.3) is 11.0 Å². The minimum atomic E-state index is -0.0156. The number of aromatic nitrogens is 4. The van der Waals surface area contributed by atoms with Crippen molar-refractivity contribution in [2.75, 3.05) is 37.4 Å². The Bertz CT molecular complexity index is 1050. The number of anilines is 1. The normalized spacial score (nSPS) is 13.6. The van der Waals surface area contributed by atoms with Crippen LogP contribution in [0.4, 0.5) is 5.82 Å². The van der Waals surface area contributed by atoms with E-state index in [1.165, 1.54) is 12.8 Å². The van der Waals surface area contributed by atoms with E-state index in [0.717, 1.165) is 58.6 Å². The zero-order chi connectivity index (χ0) is 22.3. The van der Waals surface area contributed by atoms with E-state index >= 15 is 0 Å². The molecule has 1 aliphatic heterocycles. The van der Waals surface area contributed by atoms with Gasteiger partial charge in [-0.3, -0.25) is 4.79 Å². The van der Waals surface area contributed by atoms with Crippen LogP contribution in [0.2, 0.25) is 0 Å². The fraction of sp³-hybridized carbons (Fsp3) is 0.478. The Morgan fingerprint density at radius 2 is 1.97 bits per heavy atom. The summed E-state index contributed by atoms with van der Waals surface area (Å²) in [6, 6.07) is 7.55. The van der Waals surface area contributed by atoms with Crippen LogP contribution in [0.1, 0.15) is 31.7 Å². The molecule has 0 radical (unpaired) electrons. The molecule has 0 bridgehead atoms. The van der Waals surface area contributed by atoms with Gasteiger partial charge in [-0.1, -0.05) is 30.8 Å². The molecule has 1 amide bonds. The van der Waals surface area contributed by atoms with Crippen LogP contribution in [-0.2, 0) is 17.8 Å². The Hall–Kier alpha value is -2.81. The molecule has 0 saturated carbocycles. The van der Waals surface area contributed by atoms with Gasteiger partial charge in [-0.2, -0.15) is 5.10 Å². The van der Waals surface area contributed by atoms with Crippen LogP contribution in [0.15, 0.2) is 35.6 Å². The molecule has 32 heavy (non-hydrogen) atoms. The molecule has 2 aromatic heterocycles. The van der Waals surface area contributed by atoms with E-state index in [0.29, 0.717) is 19.5 Å². The number of nitrogens with zero attached hydrogens (tertiary/aromatic N) is 5. The van der Waals surface area contributed by atoms with Gasteiger partial charge < -0.3 is 15.0 Å². The lowest BCUT2D eigenvalue weighted by Gasteiger charge is -2.18. The lowest BCUT2D eigenvalue weighted by atomic mass is 10.1. The number of carbonyl (C=O) groups excluding carboxylic acids is 1. The zero-order valence-corrected chi connectivity index (χ0v) is 19.5. The molecule has 0 aliphatic carbocycles. The minimum absolute atomic E-state index is 0.0156. The second-order valence-corrected chi connectivity index (χ2v) is 8.91. The van der Waals surface area contributed by atoms with Gasteiger partial charge in [0.1, 0.15) is 11.6 Å². The smallest absolute Gasteiger partial charge is 0.224 e. The zero-order valence-electron chi connectivity index (χ0n) is 18.7. The highest BCUT2D eigenvalue weighted by atomic mass is 32.2. The van der Waals surface area contributed by atoms with Crippen molar-refractivity contribution >= 4 is 34.5 Å². The average molecular weight is 455 g/mol. The number of benzene rings is 1. The Balaban J connectivity index is 1.43. The molecule has 1 aliphatic rings. The van der Waals surface area contributed by atoms with Crippen LogP contribution in [0.5, 0.6) is 5.75 Å². The van der Waals surface area contributed by atoms with Crippen LogP contribution < -0.4 is 15.0 Å². The molecule has 3 heterocycles. The molecule has 0 atom stereocenters. The lowest BCUT2D eigenvalue weighted by Crippen LogP contribution is -2.29. The van der Waals surface area contributed by atoms with Crippen molar-refractivity contribution < 1.29 is 9.53 Å². The minimum Gasteiger partial charge on any atom is -0.497 e. The predicted molar refractivity (Wildman–Crippen MR) is 127 cm³/mol. The largest absolute Gasteiger partial charge is 0.497 e. The van der Waals surface area contributed by atoms with Crippen molar-refractivity contribution in [2.24, 2.45) is 0 Å². The fourth-order valence-electron chi connectivity index (χ4n) is 3.81. The molecule has 8 nitrogen and oxygen atoms in total. The highest BCUT2D eigenvalue weighted by Gasteiger charge is 2.20. The molecule has 1 aromatic carbocycles.